The number of aryl methyl sites for hydroxylation is 2. The second-order valence-corrected chi connectivity index (χ2v) is 5.60. The van der Waals surface area contributed by atoms with Gasteiger partial charge in [-0.1, -0.05) is 0 Å². The lowest BCUT2D eigenvalue weighted by Crippen LogP contribution is -2.35. The first-order chi connectivity index (χ1) is 6.85. The van der Waals surface area contributed by atoms with Gasteiger partial charge in [-0.3, -0.25) is 4.68 Å². The van der Waals surface area contributed by atoms with Crippen LogP contribution in [0, 0.1) is 6.92 Å². The summed E-state index contributed by atoms with van der Waals surface area (Å²) in [5, 5.41) is 9.19. The highest BCUT2D eigenvalue weighted by Gasteiger charge is 2.15. The first-order valence-corrected chi connectivity index (χ1v) is 6.39. The van der Waals surface area contributed by atoms with Crippen molar-refractivity contribution in [3.05, 3.63) is 11.3 Å². The van der Waals surface area contributed by atoms with Crippen molar-refractivity contribution in [3.63, 3.8) is 0 Å². The molecule has 0 spiro atoms. The van der Waals surface area contributed by atoms with E-state index in [4.69, 9.17) is 0 Å². The molecule has 4 heteroatoms. The molecule has 0 radical (unpaired) electrons. The maximum Gasteiger partial charge on any atom is 0.0981 e. The highest BCUT2D eigenvalue weighted by molar-refractivity contribution is 7.98. The molecule has 1 N–H and O–H groups in total. The molecule has 3 nitrogen and oxygen atoms in total. The van der Waals surface area contributed by atoms with E-state index in [1.165, 1.54) is 10.6 Å². The third-order valence-electron chi connectivity index (χ3n) is 2.28. The second-order valence-electron chi connectivity index (χ2n) is 4.80. The van der Waals surface area contributed by atoms with Gasteiger partial charge < -0.3 is 5.32 Å². The van der Waals surface area contributed by atoms with Gasteiger partial charge in [0.2, 0.25) is 0 Å². The lowest BCUT2D eigenvalue weighted by atomic mass is 10.1. The van der Waals surface area contributed by atoms with Gasteiger partial charge in [0.1, 0.15) is 0 Å². The van der Waals surface area contributed by atoms with E-state index in [-0.39, 0.29) is 5.54 Å². The van der Waals surface area contributed by atoms with Crippen LogP contribution in [-0.4, -0.2) is 21.6 Å². The third kappa shape index (κ3) is 3.24. The molecule has 0 aromatic carbocycles. The van der Waals surface area contributed by atoms with Gasteiger partial charge in [-0.2, -0.15) is 5.10 Å². The summed E-state index contributed by atoms with van der Waals surface area (Å²) in [5.41, 5.74) is 2.59. The highest BCUT2D eigenvalue weighted by Crippen LogP contribution is 2.22. The van der Waals surface area contributed by atoms with Gasteiger partial charge in [-0.25, -0.2) is 0 Å². The summed E-state index contributed by atoms with van der Waals surface area (Å²) in [5.74, 6) is 0. The van der Waals surface area contributed by atoms with Crippen LogP contribution in [0.1, 0.15) is 32.0 Å². The van der Waals surface area contributed by atoms with Crippen molar-refractivity contribution in [3.8, 4) is 0 Å². The molecule has 86 valence electrons. The maximum absolute atomic E-state index is 4.44. The molecule has 0 aliphatic heterocycles. The smallest absolute Gasteiger partial charge is 0.0981 e. The zero-order valence-electron chi connectivity index (χ0n) is 10.5. The summed E-state index contributed by atoms with van der Waals surface area (Å²) in [6, 6.07) is 0. The average molecular weight is 227 g/mol. The van der Waals surface area contributed by atoms with E-state index in [9.17, 15) is 0 Å². The maximum atomic E-state index is 4.44. The van der Waals surface area contributed by atoms with E-state index in [0.29, 0.717) is 0 Å². The van der Waals surface area contributed by atoms with Crippen LogP contribution in [0.2, 0.25) is 0 Å². The molecule has 15 heavy (non-hydrogen) atoms. The fourth-order valence-corrected chi connectivity index (χ4v) is 2.26. The minimum absolute atomic E-state index is 0.151. The number of rotatable bonds is 3. The Labute approximate surface area is 96.6 Å². The van der Waals surface area contributed by atoms with Crippen LogP contribution < -0.4 is 5.32 Å². The van der Waals surface area contributed by atoms with Crippen LogP contribution in [0.3, 0.4) is 0 Å². The topological polar surface area (TPSA) is 29.9 Å². The van der Waals surface area contributed by atoms with Gasteiger partial charge in [0, 0.05) is 24.7 Å². The van der Waals surface area contributed by atoms with Crippen molar-refractivity contribution in [2.24, 2.45) is 7.05 Å². The molecule has 0 saturated carbocycles. The molecule has 1 rings (SSSR count). The molecular formula is C11H21N3S. The van der Waals surface area contributed by atoms with Crippen molar-refractivity contribution < 1.29 is 0 Å². The Hall–Kier alpha value is -0.480. The quantitative estimate of drug-likeness (QED) is 0.804. The minimum Gasteiger partial charge on any atom is -0.308 e. The first-order valence-electron chi connectivity index (χ1n) is 5.16. The lowest BCUT2D eigenvalue weighted by molar-refractivity contribution is 0.421. The van der Waals surface area contributed by atoms with Crippen molar-refractivity contribution in [1.29, 1.82) is 0 Å². The van der Waals surface area contributed by atoms with Crippen LogP contribution >= 0.6 is 11.8 Å². The Balaban J connectivity index is 2.84. The zero-order valence-corrected chi connectivity index (χ0v) is 11.3. The Morgan fingerprint density at radius 2 is 2.00 bits per heavy atom. The standard InChI is InChI=1S/C11H21N3S/c1-8-9(7-12-11(2,3)4)10(15-6)14(5)13-8/h12H,7H2,1-6H3. The summed E-state index contributed by atoms with van der Waals surface area (Å²) in [6.07, 6.45) is 2.09. The Morgan fingerprint density at radius 3 is 2.47 bits per heavy atom. The van der Waals surface area contributed by atoms with E-state index in [1.54, 1.807) is 11.8 Å². The predicted molar refractivity (Wildman–Crippen MR) is 66.3 cm³/mol. The van der Waals surface area contributed by atoms with Gasteiger partial charge in [0.15, 0.2) is 0 Å². The highest BCUT2D eigenvalue weighted by atomic mass is 32.2. The minimum atomic E-state index is 0.151. The normalized spacial score (nSPS) is 12.1. The average Bonchev–Trinajstić information content (AvgIpc) is 2.35. The van der Waals surface area contributed by atoms with Gasteiger partial charge >= 0.3 is 0 Å². The van der Waals surface area contributed by atoms with E-state index in [1.807, 2.05) is 11.7 Å². The third-order valence-corrected chi connectivity index (χ3v) is 3.17. The lowest BCUT2D eigenvalue weighted by Gasteiger charge is -2.20. The second kappa shape index (κ2) is 4.58. The number of hydrogen-bond donors (Lipinski definition) is 1. The van der Waals surface area contributed by atoms with Crippen molar-refractivity contribution in [2.75, 3.05) is 6.26 Å². The summed E-state index contributed by atoms with van der Waals surface area (Å²) < 4.78 is 1.96. The number of nitrogens with zero attached hydrogens (tertiary/aromatic N) is 2. The predicted octanol–water partition coefficient (Wildman–Crippen LogP) is 2.34. The molecule has 0 atom stereocenters. The molecule has 0 saturated heterocycles. The van der Waals surface area contributed by atoms with Crippen molar-refractivity contribution in [1.82, 2.24) is 15.1 Å². The van der Waals surface area contributed by atoms with Crippen LogP contribution in [-0.2, 0) is 13.6 Å². The summed E-state index contributed by atoms with van der Waals surface area (Å²) >= 11 is 1.75. The molecule has 0 amide bonds. The van der Waals surface area contributed by atoms with E-state index in [2.05, 4.69) is 44.4 Å². The molecular weight excluding hydrogens is 206 g/mol. The van der Waals surface area contributed by atoms with E-state index >= 15 is 0 Å². The SMILES string of the molecule is CSc1c(CNC(C)(C)C)c(C)nn1C. The molecule has 1 heterocycles. The molecule has 0 unspecified atom stereocenters. The van der Waals surface area contributed by atoms with Crippen LogP contribution in [0.15, 0.2) is 5.03 Å². The van der Waals surface area contributed by atoms with Crippen LogP contribution in [0.25, 0.3) is 0 Å². The van der Waals surface area contributed by atoms with Crippen molar-refractivity contribution in [2.45, 2.75) is 44.8 Å². The van der Waals surface area contributed by atoms with Crippen molar-refractivity contribution >= 4 is 11.8 Å². The number of hydrogen-bond acceptors (Lipinski definition) is 3. The van der Waals surface area contributed by atoms with Crippen LogP contribution in [0.5, 0.6) is 0 Å². The number of aromatic nitrogens is 2. The molecule has 0 fully saturated rings. The fraction of sp³-hybridized carbons (Fsp3) is 0.727. The zero-order chi connectivity index (χ0) is 11.6. The van der Waals surface area contributed by atoms with Gasteiger partial charge in [-0.05, 0) is 34.0 Å². The number of thioether (sulfide) groups is 1. The molecule has 0 aliphatic rings. The summed E-state index contributed by atoms with van der Waals surface area (Å²) in [4.78, 5) is 0. The Kier molecular flexibility index (Phi) is 3.84. The summed E-state index contributed by atoms with van der Waals surface area (Å²) in [6.45, 7) is 9.49. The Morgan fingerprint density at radius 1 is 1.40 bits per heavy atom. The van der Waals surface area contributed by atoms with Gasteiger partial charge in [0.25, 0.3) is 0 Å². The molecule has 1 aromatic heterocycles. The van der Waals surface area contributed by atoms with E-state index < -0.39 is 0 Å². The first kappa shape index (κ1) is 12.6. The number of nitrogens with one attached hydrogen (secondary N) is 1. The molecule has 0 bridgehead atoms. The largest absolute Gasteiger partial charge is 0.308 e. The van der Waals surface area contributed by atoms with Gasteiger partial charge in [-0.15, -0.1) is 11.8 Å². The molecule has 0 aliphatic carbocycles. The monoisotopic (exact) mass is 227 g/mol. The van der Waals surface area contributed by atoms with Crippen LogP contribution in [0.4, 0.5) is 0 Å². The molecule has 1 aromatic rings. The van der Waals surface area contributed by atoms with Gasteiger partial charge in [0.05, 0.1) is 10.7 Å². The fourth-order valence-electron chi connectivity index (χ4n) is 1.49. The Bertz CT molecular complexity index is 336. The summed E-state index contributed by atoms with van der Waals surface area (Å²) in [7, 11) is 2.00. The van der Waals surface area contributed by atoms with E-state index in [0.717, 1.165) is 12.2 Å².